The van der Waals surface area contributed by atoms with Gasteiger partial charge in [-0.25, -0.2) is 9.36 Å². The van der Waals surface area contributed by atoms with Gasteiger partial charge in [-0.3, -0.25) is 9.59 Å². The van der Waals surface area contributed by atoms with E-state index in [0.29, 0.717) is 25.8 Å². The van der Waals surface area contributed by atoms with E-state index in [1.807, 2.05) is 62.9 Å². The van der Waals surface area contributed by atoms with E-state index in [-0.39, 0.29) is 30.4 Å². The molecule has 2 aliphatic heterocycles. The lowest BCUT2D eigenvalue weighted by atomic mass is 9.80. The summed E-state index contributed by atoms with van der Waals surface area (Å²) in [5.41, 5.74) is 2.86. The molecule has 2 aromatic rings. The lowest BCUT2D eigenvalue weighted by Gasteiger charge is -2.44. The number of nitrogens with zero attached hydrogens (tertiary/aromatic N) is 2. The van der Waals surface area contributed by atoms with Gasteiger partial charge in [0.2, 0.25) is 5.91 Å². The van der Waals surface area contributed by atoms with Crippen LogP contribution in [-0.4, -0.2) is 46.2 Å². The van der Waals surface area contributed by atoms with E-state index in [0.717, 1.165) is 27.7 Å². The highest BCUT2D eigenvalue weighted by Gasteiger charge is 2.44. The minimum absolute atomic E-state index is 0.00628. The van der Waals surface area contributed by atoms with E-state index in [1.54, 1.807) is 4.57 Å². The van der Waals surface area contributed by atoms with Crippen molar-refractivity contribution in [1.29, 1.82) is 0 Å². The molecule has 2 atom stereocenters. The van der Waals surface area contributed by atoms with Gasteiger partial charge in [0.15, 0.2) is 0 Å². The second-order valence-electron chi connectivity index (χ2n) is 9.77. The number of benzene rings is 1. The number of rotatable bonds is 3. The molecule has 3 heterocycles. The number of ether oxygens (including phenoxy) is 2. The summed E-state index contributed by atoms with van der Waals surface area (Å²) in [6.45, 7) is 9.68. The molecule has 7 heteroatoms. The zero-order valence-electron chi connectivity index (χ0n) is 20.0. The smallest absolute Gasteiger partial charge is 0.419 e. The highest BCUT2D eigenvalue weighted by molar-refractivity contribution is 5.98. The average Bonchev–Trinajstić information content (AvgIpc) is 3.07. The number of carbonyl (C=O) groups excluding carboxylic acids is 3. The molecule has 0 aliphatic carbocycles. The van der Waals surface area contributed by atoms with Crippen LogP contribution in [-0.2, 0) is 25.5 Å². The maximum atomic E-state index is 13.5. The fourth-order valence-corrected chi connectivity index (χ4v) is 5.18. The summed E-state index contributed by atoms with van der Waals surface area (Å²) in [5, 5.41) is 1.03. The molecule has 33 heavy (non-hydrogen) atoms. The molecule has 1 fully saturated rings. The van der Waals surface area contributed by atoms with E-state index in [4.69, 9.17) is 9.47 Å². The molecule has 7 nitrogen and oxygen atoms in total. The Morgan fingerprint density at radius 1 is 1.21 bits per heavy atom. The quantitative estimate of drug-likeness (QED) is 0.495. The molecule has 1 aromatic heterocycles. The number of carbonyl (C=O) groups is 3. The second kappa shape index (κ2) is 8.69. The van der Waals surface area contributed by atoms with Crippen LogP contribution in [0.5, 0.6) is 0 Å². The summed E-state index contributed by atoms with van der Waals surface area (Å²) >= 11 is 0. The van der Waals surface area contributed by atoms with Crippen LogP contribution in [0.25, 0.3) is 10.9 Å². The molecule has 176 valence electrons. The van der Waals surface area contributed by atoms with Crippen LogP contribution in [0.3, 0.4) is 0 Å². The van der Waals surface area contributed by atoms with Crippen LogP contribution in [0, 0.1) is 5.92 Å². The average molecular weight is 453 g/mol. The Morgan fingerprint density at radius 2 is 1.94 bits per heavy atom. The summed E-state index contributed by atoms with van der Waals surface area (Å²) in [4.78, 5) is 40.0. The summed E-state index contributed by atoms with van der Waals surface area (Å²) in [6, 6.07) is 7.61. The summed E-state index contributed by atoms with van der Waals surface area (Å²) < 4.78 is 12.6. The van der Waals surface area contributed by atoms with Crippen molar-refractivity contribution < 1.29 is 23.9 Å². The number of esters is 1. The maximum Gasteiger partial charge on any atom is 0.419 e. The summed E-state index contributed by atoms with van der Waals surface area (Å²) in [6.07, 6.45) is 3.36. The van der Waals surface area contributed by atoms with E-state index < -0.39 is 11.7 Å². The number of hydrogen-bond acceptors (Lipinski definition) is 5. The third-order valence-corrected chi connectivity index (χ3v) is 6.43. The van der Waals surface area contributed by atoms with Gasteiger partial charge in [-0.1, -0.05) is 24.3 Å². The maximum absolute atomic E-state index is 13.5. The Bertz CT molecular complexity index is 1140. The molecule has 0 saturated carbocycles. The number of fused-ring (bicyclic) bond motifs is 5. The fraction of sp³-hybridized carbons (Fsp3) is 0.500. The van der Waals surface area contributed by atoms with Crippen molar-refractivity contribution in [3.63, 3.8) is 0 Å². The van der Waals surface area contributed by atoms with Gasteiger partial charge in [-0.15, -0.1) is 0 Å². The molecule has 4 rings (SSSR count). The molecule has 1 saturated heterocycles. The lowest BCUT2D eigenvalue weighted by Crippen LogP contribution is -2.47. The molecule has 1 aromatic carbocycles. The van der Waals surface area contributed by atoms with E-state index in [1.165, 1.54) is 6.92 Å². The number of hydrogen-bond donors (Lipinski definition) is 0. The summed E-state index contributed by atoms with van der Waals surface area (Å²) in [5.74, 6) is -0.391. The lowest BCUT2D eigenvalue weighted by molar-refractivity contribution is -0.141. The van der Waals surface area contributed by atoms with Crippen LogP contribution in [0.2, 0.25) is 0 Å². The predicted octanol–water partition coefficient (Wildman–Crippen LogP) is 4.77. The molecule has 1 amide bonds. The zero-order chi connectivity index (χ0) is 23.9. The first-order chi connectivity index (χ1) is 15.6. The second-order valence-corrected chi connectivity index (χ2v) is 9.77. The standard InChI is InChI=1S/C26H32N2O5/c1-6-18-17(12-14-32-16(2)29)15-22-23-20(11-13-27(22)24(18)30)19-9-7-8-10-21(19)28(23)25(31)33-26(3,4)5/h6-10,17,22H,11-15H2,1-5H3/b18-6+/t17-,22-/m0/s1. The van der Waals surface area contributed by atoms with Gasteiger partial charge in [0.25, 0.3) is 0 Å². The number of amides is 1. The van der Waals surface area contributed by atoms with Crippen LogP contribution in [0.15, 0.2) is 35.9 Å². The highest BCUT2D eigenvalue weighted by Crippen LogP contribution is 2.45. The van der Waals surface area contributed by atoms with Gasteiger partial charge in [0.05, 0.1) is 23.9 Å². The van der Waals surface area contributed by atoms with Crippen molar-refractivity contribution in [2.45, 2.75) is 65.5 Å². The number of piperidine rings is 1. The normalized spacial score (nSPS) is 21.7. The minimum Gasteiger partial charge on any atom is -0.466 e. The first-order valence-corrected chi connectivity index (χ1v) is 11.6. The molecule has 0 radical (unpaired) electrons. The van der Waals surface area contributed by atoms with Crippen molar-refractivity contribution in [2.24, 2.45) is 5.92 Å². The van der Waals surface area contributed by atoms with Gasteiger partial charge in [-0.05, 0) is 64.5 Å². The van der Waals surface area contributed by atoms with Gasteiger partial charge in [0, 0.05) is 24.4 Å². The van der Waals surface area contributed by atoms with Crippen molar-refractivity contribution in [2.75, 3.05) is 13.2 Å². The highest BCUT2D eigenvalue weighted by atomic mass is 16.6. The first-order valence-electron chi connectivity index (χ1n) is 11.6. The van der Waals surface area contributed by atoms with Crippen LogP contribution >= 0.6 is 0 Å². The number of para-hydroxylation sites is 1. The molecule has 2 aliphatic rings. The minimum atomic E-state index is -0.642. The van der Waals surface area contributed by atoms with Crippen molar-refractivity contribution in [3.05, 3.63) is 47.2 Å². The van der Waals surface area contributed by atoms with Crippen LogP contribution < -0.4 is 0 Å². The van der Waals surface area contributed by atoms with Gasteiger partial charge in [0.1, 0.15) is 5.60 Å². The van der Waals surface area contributed by atoms with Crippen LogP contribution in [0.4, 0.5) is 4.79 Å². The van der Waals surface area contributed by atoms with Gasteiger partial charge in [-0.2, -0.15) is 0 Å². The van der Waals surface area contributed by atoms with E-state index in [2.05, 4.69) is 0 Å². The molecule has 0 N–H and O–H groups in total. The van der Waals surface area contributed by atoms with E-state index >= 15 is 0 Å². The fourth-order valence-electron chi connectivity index (χ4n) is 5.18. The molecule has 0 bridgehead atoms. The Morgan fingerprint density at radius 3 is 2.61 bits per heavy atom. The predicted molar refractivity (Wildman–Crippen MR) is 125 cm³/mol. The van der Waals surface area contributed by atoms with Crippen molar-refractivity contribution in [3.8, 4) is 0 Å². The topological polar surface area (TPSA) is 77.8 Å². The van der Waals surface area contributed by atoms with Crippen molar-refractivity contribution in [1.82, 2.24) is 9.47 Å². The zero-order valence-corrected chi connectivity index (χ0v) is 20.0. The van der Waals surface area contributed by atoms with E-state index in [9.17, 15) is 14.4 Å². The molecular weight excluding hydrogens is 420 g/mol. The Kier molecular flexibility index (Phi) is 6.08. The first kappa shape index (κ1) is 23.1. The number of aromatic nitrogens is 1. The molecule has 0 unspecified atom stereocenters. The van der Waals surface area contributed by atoms with Crippen molar-refractivity contribution >= 4 is 28.9 Å². The van der Waals surface area contributed by atoms with Gasteiger partial charge >= 0.3 is 12.1 Å². The SMILES string of the molecule is C/C=C1/C(=O)N2CCc3c(n(C(=O)OC(C)(C)C)c4ccccc34)[C@@H]2C[C@@H]1CCOC(C)=O. The molecule has 0 spiro atoms. The summed E-state index contributed by atoms with van der Waals surface area (Å²) in [7, 11) is 0. The van der Waals surface area contributed by atoms with Crippen LogP contribution in [0.1, 0.15) is 64.8 Å². The Balaban J connectivity index is 1.80. The largest absolute Gasteiger partial charge is 0.466 e. The third kappa shape index (κ3) is 4.28. The number of allylic oxidation sites excluding steroid dienone is 1. The third-order valence-electron chi connectivity index (χ3n) is 6.43. The molecular formula is C26H32N2O5. The monoisotopic (exact) mass is 452 g/mol. The van der Waals surface area contributed by atoms with Gasteiger partial charge < -0.3 is 14.4 Å². The Hall–Kier alpha value is -3.09. The Labute approximate surface area is 194 Å².